The second-order valence-electron chi connectivity index (χ2n) is 6.85. The number of aryl methyl sites for hydroxylation is 1. The molecule has 4 rings (SSSR count). The summed E-state index contributed by atoms with van der Waals surface area (Å²) in [6.07, 6.45) is 0. The monoisotopic (exact) mass is 350 g/mol. The first-order valence-electron chi connectivity index (χ1n) is 9.23. The maximum absolute atomic E-state index is 10.7. The molecule has 132 valence electrons. The molecule has 4 aromatic rings. The Morgan fingerprint density at radius 2 is 1.07 bits per heavy atom. The van der Waals surface area contributed by atoms with Crippen LogP contribution in [-0.2, 0) is 0 Å². The van der Waals surface area contributed by atoms with Crippen LogP contribution in [0.2, 0.25) is 0 Å². The van der Waals surface area contributed by atoms with Gasteiger partial charge in [0.1, 0.15) is 5.75 Å². The van der Waals surface area contributed by atoms with Gasteiger partial charge in [-0.25, -0.2) is 0 Å². The highest BCUT2D eigenvalue weighted by Crippen LogP contribution is 2.39. The molecule has 0 unspecified atom stereocenters. The van der Waals surface area contributed by atoms with E-state index in [0.29, 0.717) is 5.75 Å². The second-order valence-corrected chi connectivity index (χ2v) is 6.85. The minimum Gasteiger partial charge on any atom is -0.507 e. The van der Waals surface area contributed by atoms with Crippen molar-refractivity contribution in [2.75, 3.05) is 0 Å². The molecule has 1 heteroatoms. The number of hydrogen-bond acceptors (Lipinski definition) is 1. The molecule has 0 saturated heterocycles. The van der Waals surface area contributed by atoms with Gasteiger partial charge >= 0.3 is 0 Å². The van der Waals surface area contributed by atoms with E-state index in [1.807, 2.05) is 49.4 Å². The van der Waals surface area contributed by atoms with Crippen molar-refractivity contribution in [3.05, 3.63) is 125 Å². The zero-order valence-electron chi connectivity index (χ0n) is 15.3. The molecule has 0 radical (unpaired) electrons. The first-order valence-corrected chi connectivity index (χ1v) is 9.23. The Balaban J connectivity index is 1.92. The Kier molecular flexibility index (Phi) is 4.76. The fraction of sp³-hybridized carbons (Fsp3) is 0.0769. The van der Waals surface area contributed by atoms with Crippen LogP contribution in [0.5, 0.6) is 5.75 Å². The lowest BCUT2D eigenvalue weighted by Crippen LogP contribution is -2.04. The molecule has 0 bridgehead atoms. The third-order valence-electron chi connectivity index (χ3n) is 5.01. The third kappa shape index (κ3) is 3.50. The summed E-state index contributed by atoms with van der Waals surface area (Å²) in [7, 11) is 0. The first kappa shape index (κ1) is 17.1. The molecule has 0 amide bonds. The lowest BCUT2D eigenvalue weighted by atomic mass is 9.83. The highest BCUT2D eigenvalue weighted by atomic mass is 16.3. The van der Waals surface area contributed by atoms with Gasteiger partial charge in [0.15, 0.2) is 0 Å². The average molecular weight is 350 g/mol. The minimum absolute atomic E-state index is 0.120. The van der Waals surface area contributed by atoms with E-state index in [1.165, 1.54) is 16.7 Å². The van der Waals surface area contributed by atoms with Crippen LogP contribution in [0, 0.1) is 6.92 Å². The molecule has 0 aliphatic rings. The molecule has 1 nitrogen and oxygen atoms in total. The van der Waals surface area contributed by atoms with Crippen LogP contribution >= 0.6 is 0 Å². The van der Waals surface area contributed by atoms with Crippen molar-refractivity contribution in [3.63, 3.8) is 0 Å². The molecule has 0 atom stereocenters. The quantitative estimate of drug-likeness (QED) is 0.414. The summed E-state index contributed by atoms with van der Waals surface area (Å²) < 4.78 is 0. The van der Waals surface area contributed by atoms with Gasteiger partial charge in [-0.15, -0.1) is 0 Å². The Hall–Kier alpha value is -3.32. The van der Waals surface area contributed by atoms with Gasteiger partial charge in [-0.05, 0) is 40.8 Å². The fourth-order valence-corrected chi connectivity index (χ4v) is 3.68. The Morgan fingerprint density at radius 1 is 0.593 bits per heavy atom. The smallest absolute Gasteiger partial charge is 0.126 e. The molecule has 0 aliphatic heterocycles. The molecular formula is C26H22O. The highest BCUT2D eigenvalue weighted by molar-refractivity contribution is 5.73. The Bertz CT molecular complexity index is 982. The summed E-state index contributed by atoms with van der Waals surface area (Å²) in [5, 5.41) is 10.7. The Labute approximate surface area is 160 Å². The Morgan fingerprint density at radius 3 is 1.59 bits per heavy atom. The molecule has 0 fully saturated rings. The number of phenolic OH excluding ortho intramolecular Hbond substituents is 1. The molecule has 27 heavy (non-hydrogen) atoms. The van der Waals surface area contributed by atoms with E-state index in [9.17, 15) is 5.11 Å². The van der Waals surface area contributed by atoms with Gasteiger partial charge in [-0.1, -0.05) is 97.1 Å². The lowest BCUT2D eigenvalue weighted by Gasteiger charge is -2.21. The van der Waals surface area contributed by atoms with E-state index in [-0.39, 0.29) is 5.92 Å². The number of hydrogen-bond donors (Lipinski definition) is 1. The van der Waals surface area contributed by atoms with E-state index in [4.69, 9.17) is 0 Å². The van der Waals surface area contributed by atoms with Gasteiger partial charge in [0, 0.05) is 11.5 Å². The minimum atomic E-state index is 0.120. The van der Waals surface area contributed by atoms with Gasteiger partial charge in [0.2, 0.25) is 0 Å². The number of phenols is 1. The lowest BCUT2D eigenvalue weighted by molar-refractivity contribution is 0.473. The topological polar surface area (TPSA) is 20.2 Å². The molecule has 1 N–H and O–H groups in total. The standard InChI is InChI=1S/C26H22O/c1-19-17-23(18-24(26(19)27)20-11-5-2-6-12-20)25(21-13-7-3-8-14-21)22-15-9-4-10-16-22/h2-18,25,27H,1H3. The van der Waals surface area contributed by atoms with Crippen LogP contribution < -0.4 is 0 Å². The van der Waals surface area contributed by atoms with Gasteiger partial charge in [-0.3, -0.25) is 0 Å². The van der Waals surface area contributed by atoms with E-state index < -0.39 is 0 Å². The second kappa shape index (κ2) is 7.51. The molecule has 0 heterocycles. The fourth-order valence-electron chi connectivity index (χ4n) is 3.68. The van der Waals surface area contributed by atoms with Gasteiger partial charge in [0.05, 0.1) is 0 Å². The average Bonchev–Trinajstić information content (AvgIpc) is 2.73. The van der Waals surface area contributed by atoms with Gasteiger partial charge in [0.25, 0.3) is 0 Å². The van der Waals surface area contributed by atoms with Crippen molar-refractivity contribution in [2.45, 2.75) is 12.8 Å². The summed E-state index contributed by atoms with van der Waals surface area (Å²) in [5.41, 5.74) is 6.47. The number of benzene rings is 4. The van der Waals surface area contributed by atoms with Gasteiger partial charge < -0.3 is 5.11 Å². The van der Waals surface area contributed by atoms with Crippen molar-refractivity contribution < 1.29 is 5.11 Å². The zero-order valence-corrected chi connectivity index (χ0v) is 15.3. The van der Waals surface area contributed by atoms with Crippen LogP contribution in [0.25, 0.3) is 11.1 Å². The molecule has 0 saturated carbocycles. The summed E-state index contributed by atoms with van der Waals surface area (Å²) in [6, 6.07) is 35.4. The largest absolute Gasteiger partial charge is 0.507 e. The predicted molar refractivity (Wildman–Crippen MR) is 112 cm³/mol. The van der Waals surface area contributed by atoms with E-state index in [0.717, 1.165) is 16.7 Å². The van der Waals surface area contributed by atoms with Crippen molar-refractivity contribution in [3.8, 4) is 16.9 Å². The van der Waals surface area contributed by atoms with Crippen LogP contribution in [0.4, 0.5) is 0 Å². The maximum Gasteiger partial charge on any atom is 0.126 e. The van der Waals surface area contributed by atoms with Crippen LogP contribution in [0.1, 0.15) is 28.2 Å². The van der Waals surface area contributed by atoms with Gasteiger partial charge in [-0.2, -0.15) is 0 Å². The van der Waals surface area contributed by atoms with E-state index in [2.05, 4.69) is 60.7 Å². The molecule has 0 aromatic heterocycles. The molecule has 4 aromatic carbocycles. The summed E-state index contributed by atoms with van der Waals surface area (Å²) in [6.45, 7) is 1.97. The van der Waals surface area contributed by atoms with Crippen LogP contribution in [0.3, 0.4) is 0 Å². The molecule has 0 aliphatic carbocycles. The van der Waals surface area contributed by atoms with E-state index >= 15 is 0 Å². The predicted octanol–water partition coefficient (Wildman–Crippen LogP) is 6.55. The van der Waals surface area contributed by atoms with Crippen molar-refractivity contribution in [1.82, 2.24) is 0 Å². The highest BCUT2D eigenvalue weighted by Gasteiger charge is 2.19. The molecular weight excluding hydrogens is 328 g/mol. The number of rotatable bonds is 4. The maximum atomic E-state index is 10.7. The van der Waals surface area contributed by atoms with Crippen LogP contribution in [-0.4, -0.2) is 5.11 Å². The first-order chi connectivity index (χ1) is 13.2. The van der Waals surface area contributed by atoms with Crippen LogP contribution in [0.15, 0.2) is 103 Å². The normalized spacial score (nSPS) is 10.9. The van der Waals surface area contributed by atoms with Crippen molar-refractivity contribution >= 4 is 0 Å². The third-order valence-corrected chi connectivity index (χ3v) is 5.01. The van der Waals surface area contributed by atoms with E-state index in [1.54, 1.807) is 0 Å². The summed E-state index contributed by atoms with van der Waals surface area (Å²) >= 11 is 0. The SMILES string of the molecule is Cc1cc(C(c2ccccc2)c2ccccc2)cc(-c2ccccc2)c1O. The molecule has 0 spiro atoms. The summed E-state index contributed by atoms with van der Waals surface area (Å²) in [5.74, 6) is 0.471. The van der Waals surface area contributed by atoms with Crippen molar-refractivity contribution in [2.24, 2.45) is 0 Å². The van der Waals surface area contributed by atoms with Crippen molar-refractivity contribution in [1.29, 1.82) is 0 Å². The number of aromatic hydroxyl groups is 1. The zero-order chi connectivity index (χ0) is 18.6. The summed E-state index contributed by atoms with van der Waals surface area (Å²) in [4.78, 5) is 0.